The van der Waals surface area contributed by atoms with Crippen LogP contribution in [0, 0.1) is 10.1 Å². The number of aromatic nitrogens is 2. The zero-order valence-electron chi connectivity index (χ0n) is 25.6. The summed E-state index contributed by atoms with van der Waals surface area (Å²) in [5.74, 6) is -2.55. The second kappa shape index (κ2) is 16.1. The van der Waals surface area contributed by atoms with Crippen molar-refractivity contribution in [3.8, 4) is 35.0 Å². The van der Waals surface area contributed by atoms with E-state index in [-0.39, 0.29) is 45.6 Å². The van der Waals surface area contributed by atoms with Crippen molar-refractivity contribution >= 4 is 34.9 Å². The third-order valence-electron chi connectivity index (χ3n) is 6.02. The van der Waals surface area contributed by atoms with Crippen LogP contribution in [0.3, 0.4) is 0 Å². The van der Waals surface area contributed by atoms with E-state index >= 15 is 0 Å². The maximum absolute atomic E-state index is 12.6. The number of nitro benzene ring substituents is 1. The van der Waals surface area contributed by atoms with E-state index in [2.05, 4.69) is 15.1 Å². The molecule has 0 spiro atoms. The van der Waals surface area contributed by atoms with Gasteiger partial charge in [0.15, 0.2) is 0 Å². The summed E-state index contributed by atoms with van der Waals surface area (Å²) in [5.41, 5.74) is -1.61. The molecule has 1 heterocycles. The van der Waals surface area contributed by atoms with Crippen LogP contribution in [0.5, 0.6) is 35.0 Å². The molecule has 0 fully saturated rings. The Morgan fingerprint density at radius 3 is 2.04 bits per heavy atom. The highest BCUT2D eigenvalue weighted by Gasteiger charge is 2.31. The second-order valence-corrected chi connectivity index (χ2v) is 9.57. The van der Waals surface area contributed by atoms with Crippen LogP contribution < -0.4 is 18.9 Å². The molecule has 0 atom stereocenters. The number of ether oxygens (including phenoxy) is 4. The Labute approximate surface area is 279 Å². The number of aromatic carboxylic acids is 2. The molecule has 0 radical (unpaired) electrons. The Hall–Kier alpha value is -6.17. The number of hydrogen-bond acceptors (Lipinski definition) is 12. The first kappa shape index (κ1) is 37.3. The topological polar surface area (TPSA) is 202 Å². The van der Waals surface area contributed by atoms with E-state index in [1.807, 2.05) is 0 Å². The van der Waals surface area contributed by atoms with Gasteiger partial charge in [-0.3, -0.25) is 10.1 Å². The van der Waals surface area contributed by atoms with E-state index in [1.54, 1.807) is 19.1 Å². The van der Waals surface area contributed by atoms with Gasteiger partial charge < -0.3 is 34.0 Å². The summed E-state index contributed by atoms with van der Waals surface area (Å²) in [6.07, 6.45) is -4.58. The van der Waals surface area contributed by atoms with Gasteiger partial charge in [0.05, 0.1) is 41.5 Å². The van der Waals surface area contributed by atoms with Crippen LogP contribution in [0.2, 0.25) is 5.02 Å². The normalized spacial score (nSPS) is 11.1. The molecule has 19 heteroatoms. The highest BCUT2D eigenvalue weighted by Crippen LogP contribution is 2.37. The van der Waals surface area contributed by atoms with Crippen molar-refractivity contribution < 1.29 is 61.7 Å². The van der Waals surface area contributed by atoms with Crippen molar-refractivity contribution in [2.45, 2.75) is 13.1 Å². The number of carboxylic acid groups (broad SMARTS) is 2. The van der Waals surface area contributed by atoms with Gasteiger partial charge in [0, 0.05) is 17.7 Å². The molecule has 3 aromatic carbocycles. The van der Waals surface area contributed by atoms with E-state index in [4.69, 9.17) is 40.5 Å². The SMILES string of the molecule is CON=C(C)c1cccc(Oc2nc(OC)cc(OC)n2)c1C(=O)O.O=C(O)c1cc(Oc2ccc(C(F)(F)F)cc2Cl)ccc1[N+](=O)[O-]. The van der Waals surface area contributed by atoms with E-state index in [0.29, 0.717) is 17.3 Å². The average Bonchev–Trinajstić information content (AvgIpc) is 3.05. The predicted octanol–water partition coefficient (Wildman–Crippen LogP) is 7.11. The molecule has 0 aliphatic heterocycles. The number of methoxy groups -OCH3 is 2. The molecule has 258 valence electrons. The number of nitro groups is 1. The number of oxime groups is 1. The molecule has 0 unspecified atom stereocenters. The quantitative estimate of drug-likeness (QED) is 0.0907. The summed E-state index contributed by atoms with van der Waals surface area (Å²) in [6.45, 7) is 1.63. The number of halogens is 4. The minimum atomic E-state index is -4.58. The Balaban J connectivity index is 0.000000266. The maximum atomic E-state index is 12.6. The third-order valence-corrected chi connectivity index (χ3v) is 6.31. The average molecular weight is 709 g/mol. The number of alkyl halides is 3. The standard InChI is InChI=1S/C16H17N3O6.C14H7ClF3NO5/c1-9(19-24-4)10-6-5-7-11(14(10)15(20)21)25-16-17-12(22-2)8-13(18-16)23-3;15-10-5-7(14(16,17)18)1-4-12(10)24-8-2-3-11(19(22)23)9(6-8)13(20)21/h5-8H,1-4H3,(H,20,21);1-6H,(H,20,21). The van der Waals surface area contributed by atoms with Crippen LogP contribution >= 0.6 is 11.6 Å². The summed E-state index contributed by atoms with van der Waals surface area (Å²) >= 11 is 5.72. The lowest BCUT2D eigenvalue weighted by Gasteiger charge is -2.12. The zero-order chi connectivity index (χ0) is 36.5. The first-order valence-corrected chi connectivity index (χ1v) is 13.6. The van der Waals surface area contributed by atoms with Gasteiger partial charge in [-0.15, -0.1) is 0 Å². The molecule has 2 N–H and O–H groups in total. The molecule has 0 bridgehead atoms. The number of carboxylic acids is 2. The van der Waals surface area contributed by atoms with Crippen molar-refractivity contribution in [2.24, 2.45) is 5.16 Å². The molecule has 0 saturated carbocycles. The van der Waals surface area contributed by atoms with Crippen LogP contribution in [-0.2, 0) is 11.0 Å². The molecule has 0 amide bonds. The fourth-order valence-corrected chi connectivity index (χ4v) is 4.08. The van der Waals surface area contributed by atoms with Crippen LogP contribution in [0.4, 0.5) is 18.9 Å². The van der Waals surface area contributed by atoms with Gasteiger partial charge in [0.2, 0.25) is 11.8 Å². The monoisotopic (exact) mass is 708 g/mol. The van der Waals surface area contributed by atoms with Crippen LogP contribution in [0.1, 0.15) is 38.8 Å². The lowest BCUT2D eigenvalue weighted by molar-refractivity contribution is -0.385. The van der Waals surface area contributed by atoms with Gasteiger partial charge in [0.1, 0.15) is 35.5 Å². The number of carbonyl (C=O) groups is 2. The van der Waals surface area contributed by atoms with Crippen molar-refractivity contribution in [3.63, 3.8) is 0 Å². The minimum Gasteiger partial charge on any atom is -0.481 e. The molecule has 0 aliphatic rings. The fourth-order valence-electron chi connectivity index (χ4n) is 3.86. The number of benzene rings is 3. The Kier molecular flexibility index (Phi) is 12.2. The van der Waals surface area contributed by atoms with Crippen molar-refractivity contribution in [1.29, 1.82) is 0 Å². The van der Waals surface area contributed by atoms with Gasteiger partial charge in [-0.1, -0.05) is 28.9 Å². The van der Waals surface area contributed by atoms with Crippen LogP contribution in [0.25, 0.3) is 0 Å². The summed E-state index contributed by atoms with van der Waals surface area (Å²) in [7, 11) is 4.24. The minimum absolute atomic E-state index is 0.0472. The molecule has 49 heavy (non-hydrogen) atoms. The van der Waals surface area contributed by atoms with Crippen LogP contribution in [-0.4, -0.2) is 64.1 Å². The van der Waals surface area contributed by atoms with E-state index in [0.717, 1.165) is 30.3 Å². The molecule has 1 aromatic heterocycles. The van der Waals surface area contributed by atoms with E-state index in [1.165, 1.54) is 33.5 Å². The second-order valence-electron chi connectivity index (χ2n) is 9.17. The van der Waals surface area contributed by atoms with Crippen molar-refractivity contribution in [3.05, 3.63) is 98.1 Å². The highest BCUT2D eigenvalue weighted by atomic mass is 35.5. The molecule has 15 nitrogen and oxygen atoms in total. The molecule has 4 rings (SSSR count). The fraction of sp³-hybridized carbons (Fsp3) is 0.167. The smallest absolute Gasteiger partial charge is 0.416 e. The van der Waals surface area contributed by atoms with Crippen molar-refractivity contribution in [2.75, 3.05) is 21.3 Å². The van der Waals surface area contributed by atoms with Gasteiger partial charge >= 0.3 is 24.1 Å². The molecule has 0 aliphatic carbocycles. The van der Waals surface area contributed by atoms with Gasteiger partial charge in [0.25, 0.3) is 5.69 Å². The summed E-state index contributed by atoms with van der Waals surface area (Å²) < 4.78 is 58.5. The number of hydrogen-bond donors (Lipinski definition) is 2. The third kappa shape index (κ3) is 9.67. The molecule has 4 aromatic rings. The Bertz CT molecular complexity index is 1880. The van der Waals surface area contributed by atoms with Gasteiger partial charge in [-0.05, 0) is 37.3 Å². The molecular weight excluding hydrogens is 685 g/mol. The first-order valence-electron chi connectivity index (χ1n) is 13.2. The highest BCUT2D eigenvalue weighted by molar-refractivity contribution is 6.32. The zero-order valence-corrected chi connectivity index (χ0v) is 26.4. The van der Waals surface area contributed by atoms with Crippen LogP contribution in [0.15, 0.2) is 65.8 Å². The summed E-state index contributed by atoms with van der Waals surface area (Å²) in [6, 6.07) is 11.3. The van der Waals surface area contributed by atoms with E-state index < -0.39 is 39.9 Å². The maximum Gasteiger partial charge on any atom is 0.416 e. The Morgan fingerprint density at radius 2 is 1.53 bits per heavy atom. The Morgan fingerprint density at radius 1 is 0.878 bits per heavy atom. The summed E-state index contributed by atoms with van der Waals surface area (Å²) in [4.78, 5) is 45.4. The predicted molar refractivity (Wildman–Crippen MR) is 164 cm³/mol. The molecule has 0 saturated heterocycles. The number of rotatable bonds is 11. The first-order chi connectivity index (χ1) is 23.1. The lowest BCUT2D eigenvalue weighted by Crippen LogP contribution is -2.10. The van der Waals surface area contributed by atoms with Crippen molar-refractivity contribution in [1.82, 2.24) is 9.97 Å². The molecular formula is C30H24ClF3N4O11. The number of nitrogens with zero attached hydrogens (tertiary/aromatic N) is 4. The largest absolute Gasteiger partial charge is 0.481 e. The van der Waals surface area contributed by atoms with Gasteiger partial charge in [-0.25, -0.2) is 9.59 Å². The van der Waals surface area contributed by atoms with Gasteiger partial charge in [-0.2, -0.15) is 23.1 Å². The van der Waals surface area contributed by atoms with E-state index in [9.17, 15) is 38.0 Å². The lowest BCUT2D eigenvalue weighted by atomic mass is 10.0. The summed E-state index contributed by atoms with van der Waals surface area (Å²) in [5, 5.41) is 32.7.